The van der Waals surface area contributed by atoms with Crippen LogP contribution in [0.4, 0.5) is 0 Å². The maximum atomic E-state index is 15.6. The average Bonchev–Trinajstić information content (AvgIpc) is 1.42. The third-order valence-corrected chi connectivity index (χ3v) is 19.2. The standard InChI is InChI=1S/C75H52O48/c76-24-1-15(2-25(77)42(24)86)65(101)119-61-59-36(13-111-68(104)18-7-29(81)45(89)51(95)38(18)40-20(70(106)117-59)9-31(83)47(91)53(40)97)115-74(110)63(61)121-72(108)22-11-33(85)49(93)55(99)57(22)114-35-12-23-58(56(100)50(35)94)113-34-6-17(5-28(80)44(34)88)67(103)123-75-64(122-73(23)109)62(120-66(102)16-3-26(78)43(87)27(79)4-16)60-37(116-75)14-112-69(105)19-8-30(82)46(90)52(96)39(19)41-21(71(107)118-60)10-32(84)48(92)54(41)98/h1-12,36-37,59-64,74-100,110H,13-14H2/t36-,37-,59-,60-,61+,62+,63-,64-,74-,75+/m1/s1. The van der Waals surface area contributed by atoms with E-state index in [-0.39, 0.29) is 18.2 Å². The van der Waals surface area contributed by atoms with Crippen LogP contribution in [0.5, 0.6) is 167 Å². The van der Waals surface area contributed by atoms with Crippen LogP contribution in [-0.2, 0) is 52.1 Å². The third kappa shape index (κ3) is 14.0. The summed E-state index contributed by atoms with van der Waals surface area (Å²) in [5.41, 5.74) is -15.6. The maximum Gasteiger partial charge on any atom is 0.342 e. The Morgan fingerprint density at radius 2 is 0.691 bits per heavy atom. The second kappa shape index (κ2) is 30.3. The monoisotopic (exact) mass is 1720 g/mol. The summed E-state index contributed by atoms with van der Waals surface area (Å²) in [6, 6.07) is 4.22. The summed E-state index contributed by atoms with van der Waals surface area (Å²) in [7, 11) is 0. The number of esters is 9. The van der Waals surface area contributed by atoms with Gasteiger partial charge in [0.2, 0.25) is 64.1 Å². The van der Waals surface area contributed by atoms with E-state index in [9.17, 15) is 162 Å². The van der Waals surface area contributed by atoms with E-state index in [0.29, 0.717) is 54.6 Å². The fourth-order valence-electron chi connectivity index (χ4n) is 13.2. The van der Waals surface area contributed by atoms with Crippen LogP contribution < -0.4 is 9.47 Å². The van der Waals surface area contributed by atoms with Crippen LogP contribution in [0.25, 0.3) is 22.3 Å². The van der Waals surface area contributed by atoms with Crippen molar-refractivity contribution in [3.05, 3.63) is 123 Å². The number of aromatic hydroxyl groups is 25. The number of rotatable bonds is 8. The lowest BCUT2D eigenvalue weighted by Crippen LogP contribution is -2.63. The normalized spacial score (nSPS) is 20.4. The Bertz CT molecular complexity index is 6100. The highest BCUT2D eigenvalue weighted by Gasteiger charge is 2.58. The highest BCUT2D eigenvalue weighted by molar-refractivity contribution is 6.10. The smallest absolute Gasteiger partial charge is 0.342 e. The lowest BCUT2D eigenvalue weighted by atomic mass is 9.92. The molecule has 5 heterocycles. The number of hydrogen-bond donors (Lipinski definition) is 26. The summed E-state index contributed by atoms with van der Waals surface area (Å²) in [6.07, 6.45) is -27.4. The van der Waals surface area contributed by atoms with E-state index >= 15 is 14.4 Å². The van der Waals surface area contributed by atoms with Gasteiger partial charge in [0.25, 0.3) is 0 Å². The summed E-state index contributed by atoms with van der Waals surface area (Å²) in [6.45, 7) is -2.86. The number of ether oxygens (including phenoxy) is 13. The number of phenols is 25. The van der Waals surface area contributed by atoms with E-state index in [4.69, 9.17) is 61.6 Å². The molecule has 26 N–H and O–H groups in total. The number of benzene rings is 9. The topological polar surface area (TPSA) is 800 Å². The summed E-state index contributed by atoms with van der Waals surface area (Å²) >= 11 is 0. The van der Waals surface area contributed by atoms with Crippen LogP contribution in [0.1, 0.15) is 93.2 Å². The molecule has 2 bridgehead atoms. The predicted octanol–water partition coefficient (Wildman–Crippen LogP) is 3.15. The van der Waals surface area contributed by atoms with Gasteiger partial charge < -0.3 is 194 Å². The first-order chi connectivity index (χ1) is 58.0. The molecule has 0 amide bonds. The van der Waals surface area contributed by atoms with Gasteiger partial charge in [-0.05, 0) is 60.7 Å². The SMILES string of the molecule is O=C1O[C@@H]2O[C@@H]3COC(=O)c4cc(O)c(O)c(O)c4-c4c(cc(O)c(O)c4O)C(=O)O[C@H]3[C@H](OC(=O)c3cc(O)c(O)c(O)c3)[C@H]2OC(=O)c2cc(Oc3c(C(=O)O[C@@H]4[C@@H](OC(=O)c5cc(O)c(O)c(O)c5)[C@@H]5OC(=O)c6cc(O)c(O)c(O)c6-c6c(cc(O)c(O)c6O)C(=O)OC[C@H]5O[C@H]4O)cc(O)c(O)c3O)c(O)c(O)c2Oc2cc1cc(O)c2O. The Labute approximate surface area is 675 Å². The quantitative estimate of drug-likeness (QED) is 0.0590. The van der Waals surface area contributed by atoms with Crippen LogP contribution in [0.2, 0.25) is 0 Å². The Morgan fingerprint density at radius 3 is 1.15 bits per heavy atom. The van der Waals surface area contributed by atoms with E-state index in [1.807, 2.05) is 0 Å². The van der Waals surface area contributed by atoms with Gasteiger partial charge in [0.05, 0.1) is 38.9 Å². The predicted molar refractivity (Wildman–Crippen MR) is 378 cm³/mol. The Hall–Kier alpha value is -17.3. The van der Waals surface area contributed by atoms with Crippen molar-refractivity contribution in [2.75, 3.05) is 13.2 Å². The molecule has 9 aromatic rings. The van der Waals surface area contributed by atoms with Crippen molar-refractivity contribution < 1.29 is 237 Å². The molecule has 10 atom stereocenters. The van der Waals surface area contributed by atoms with E-state index in [2.05, 4.69) is 0 Å². The number of cyclic esters (lactones) is 2. The lowest BCUT2D eigenvalue weighted by Gasteiger charge is -2.44. The molecular formula is C75H52O48. The highest BCUT2D eigenvalue weighted by atomic mass is 16.8. The first-order valence-corrected chi connectivity index (χ1v) is 34.2. The first-order valence-electron chi connectivity index (χ1n) is 34.2. The molecule has 0 unspecified atom stereocenters. The highest BCUT2D eigenvalue weighted by Crippen LogP contribution is 2.58. The van der Waals surface area contributed by atoms with Crippen molar-refractivity contribution in [2.45, 2.75) is 61.4 Å². The lowest BCUT2D eigenvalue weighted by molar-refractivity contribution is -0.284. The van der Waals surface area contributed by atoms with Crippen molar-refractivity contribution in [1.82, 2.24) is 0 Å². The minimum absolute atomic E-state index is 0.125. The van der Waals surface area contributed by atoms with Gasteiger partial charge in [-0.3, -0.25) is 0 Å². The van der Waals surface area contributed by atoms with E-state index in [1.165, 1.54) is 0 Å². The summed E-state index contributed by atoms with van der Waals surface area (Å²) in [4.78, 5) is 132. The zero-order chi connectivity index (χ0) is 89.3. The Morgan fingerprint density at radius 1 is 0.317 bits per heavy atom. The maximum absolute atomic E-state index is 15.6. The molecule has 640 valence electrons. The van der Waals surface area contributed by atoms with Gasteiger partial charge in [-0.15, -0.1) is 0 Å². The van der Waals surface area contributed by atoms with Gasteiger partial charge in [-0.1, -0.05) is 0 Å². The molecule has 5 aliphatic rings. The molecular weight excluding hydrogens is 1670 g/mol. The number of fused-ring (bicyclic) bond motifs is 12. The fraction of sp³-hybridized carbons (Fsp3) is 0.160. The number of carbonyl (C=O) groups excluding carboxylic acids is 9. The largest absolute Gasteiger partial charge is 0.504 e. The zero-order valence-corrected chi connectivity index (χ0v) is 60.2. The molecule has 2 fully saturated rings. The van der Waals surface area contributed by atoms with Crippen LogP contribution in [0.15, 0.2) is 72.8 Å². The molecule has 5 aliphatic heterocycles. The molecule has 123 heavy (non-hydrogen) atoms. The van der Waals surface area contributed by atoms with Crippen molar-refractivity contribution in [2.24, 2.45) is 0 Å². The fourth-order valence-corrected chi connectivity index (χ4v) is 13.2. The summed E-state index contributed by atoms with van der Waals surface area (Å²) < 4.78 is 73.7. The molecule has 2 saturated heterocycles. The van der Waals surface area contributed by atoms with Gasteiger partial charge in [-0.25, -0.2) is 43.2 Å². The van der Waals surface area contributed by atoms with E-state index in [1.54, 1.807) is 0 Å². The van der Waals surface area contributed by atoms with Crippen LogP contribution in [-0.4, -0.2) is 261 Å². The molecule has 0 saturated carbocycles. The molecule has 48 nitrogen and oxygen atoms in total. The van der Waals surface area contributed by atoms with Gasteiger partial charge in [0, 0.05) is 34.4 Å². The van der Waals surface area contributed by atoms with Gasteiger partial charge >= 0.3 is 53.7 Å². The summed E-state index contributed by atoms with van der Waals surface area (Å²) in [5.74, 6) is -60.2. The second-order valence-electron chi connectivity index (χ2n) is 26.7. The van der Waals surface area contributed by atoms with Crippen molar-refractivity contribution in [3.63, 3.8) is 0 Å². The Balaban J connectivity index is 0.890. The number of carbonyl (C=O) groups is 9. The summed E-state index contributed by atoms with van der Waals surface area (Å²) in [5, 5.41) is 286. The van der Waals surface area contributed by atoms with Crippen LogP contribution in [0, 0.1) is 0 Å². The van der Waals surface area contributed by atoms with E-state index in [0.717, 1.165) is 0 Å². The molecule has 0 radical (unpaired) electrons. The Kier molecular flexibility index (Phi) is 20.3. The van der Waals surface area contributed by atoms with E-state index < -0.39 is 367 Å². The molecule has 0 spiro atoms. The molecule has 0 aliphatic carbocycles. The van der Waals surface area contributed by atoms with Crippen molar-refractivity contribution >= 4 is 53.7 Å². The minimum Gasteiger partial charge on any atom is -0.504 e. The zero-order valence-electron chi connectivity index (χ0n) is 60.2. The number of hydrogen-bond acceptors (Lipinski definition) is 48. The number of aliphatic hydroxyl groups is 1. The average molecular weight is 1720 g/mol. The number of phenolic OH excluding ortho intramolecular Hbond substituents is 25. The van der Waals surface area contributed by atoms with Crippen LogP contribution in [0.3, 0.4) is 0 Å². The van der Waals surface area contributed by atoms with Crippen LogP contribution >= 0.6 is 0 Å². The van der Waals surface area contributed by atoms with Crippen molar-refractivity contribution in [3.8, 4) is 189 Å². The van der Waals surface area contributed by atoms with Crippen molar-refractivity contribution in [1.29, 1.82) is 0 Å². The molecule has 9 aromatic carbocycles. The first kappa shape index (κ1) is 82.2. The third-order valence-electron chi connectivity index (χ3n) is 19.2. The van der Waals surface area contributed by atoms with Gasteiger partial charge in [0.15, 0.2) is 152 Å². The number of aliphatic hydroxyl groups excluding tert-OH is 1. The minimum atomic E-state index is -2.94. The van der Waals surface area contributed by atoms with Gasteiger partial charge in [-0.2, -0.15) is 0 Å². The second-order valence-corrected chi connectivity index (χ2v) is 26.7. The molecule has 0 aromatic heterocycles. The molecule has 48 heteroatoms. The van der Waals surface area contributed by atoms with Gasteiger partial charge in [0.1, 0.15) is 36.5 Å². The molecule has 14 rings (SSSR count).